The van der Waals surface area contributed by atoms with Crippen LogP contribution in [-0.4, -0.2) is 58.1 Å². The molecule has 1 saturated heterocycles. The second kappa shape index (κ2) is 7.96. The average molecular weight is 395 g/mol. The van der Waals surface area contributed by atoms with E-state index >= 15 is 0 Å². The van der Waals surface area contributed by atoms with Crippen LogP contribution in [0, 0.1) is 12.7 Å². The minimum absolute atomic E-state index is 0.265. The van der Waals surface area contributed by atoms with Crippen LogP contribution in [-0.2, 0) is 0 Å². The van der Waals surface area contributed by atoms with Crippen molar-refractivity contribution in [2.75, 3.05) is 43.4 Å². The number of nitrogens with one attached hydrogen (secondary N) is 2. The summed E-state index contributed by atoms with van der Waals surface area (Å²) in [5.74, 6) is 0.620. The summed E-state index contributed by atoms with van der Waals surface area (Å²) in [5.41, 5.74) is 2.23. The Morgan fingerprint density at radius 1 is 1.10 bits per heavy atom. The predicted molar refractivity (Wildman–Crippen MR) is 110 cm³/mol. The van der Waals surface area contributed by atoms with Crippen LogP contribution in [0.3, 0.4) is 0 Å². The molecule has 0 amide bonds. The van der Waals surface area contributed by atoms with Crippen molar-refractivity contribution in [3.8, 4) is 11.3 Å². The fraction of sp³-hybridized carbons (Fsp3) is 0.300. The molecule has 1 aromatic carbocycles. The summed E-state index contributed by atoms with van der Waals surface area (Å²) < 4.78 is 13.1. The Kier molecular flexibility index (Phi) is 5.22. The molecule has 0 unspecified atom stereocenters. The van der Waals surface area contributed by atoms with Gasteiger partial charge in [0.1, 0.15) is 5.82 Å². The summed E-state index contributed by atoms with van der Waals surface area (Å²) in [5, 5.41) is 2.98. The number of aromatic amines is 1. The van der Waals surface area contributed by atoms with Gasteiger partial charge in [0.25, 0.3) is 5.56 Å². The summed E-state index contributed by atoms with van der Waals surface area (Å²) >= 11 is 0. The fourth-order valence-corrected chi connectivity index (χ4v) is 3.19. The third kappa shape index (κ3) is 4.40. The molecule has 8 nitrogen and oxygen atoms in total. The molecule has 0 saturated carbocycles. The third-order valence-electron chi connectivity index (χ3n) is 4.88. The number of nitrogens with zero attached hydrogens (tertiary/aromatic N) is 5. The number of aryl methyl sites for hydroxylation is 1. The molecule has 2 aromatic heterocycles. The van der Waals surface area contributed by atoms with Crippen molar-refractivity contribution in [1.29, 1.82) is 0 Å². The molecule has 0 aliphatic carbocycles. The van der Waals surface area contributed by atoms with Crippen molar-refractivity contribution in [3.05, 3.63) is 58.4 Å². The first-order chi connectivity index (χ1) is 14.0. The monoisotopic (exact) mass is 395 g/mol. The van der Waals surface area contributed by atoms with Gasteiger partial charge in [-0.2, -0.15) is 0 Å². The Morgan fingerprint density at radius 2 is 1.83 bits per heavy atom. The highest BCUT2D eigenvalue weighted by Gasteiger charge is 2.18. The minimum Gasteiger partial charge on any atom is -0.338 e. The second-order valence-corrected chi connectivity index (χ2v) is 7.07. The third-order valence-corrected chi connectivity index (χ3v) is 4.88. The molecule has 29 heavy (non-hydrogen) atoms. The lowest BCUT2D eigenvalue weighted by atomic mass is 10.2. The zero-order valence-corrected chi connectivity index (χ0v) is 16.3. The molecule has 0 radical (unpaired) electrons. The molecule has 4 rings (SSSR count). The lowest BCUT2D eigenvalue weighted by Crippen LogP contribution is -2.45. The number of halogens is 1. The predicted octanol–water partition coefficient (Wildman–Crippen LogP) is 2.17. The van der Waals surface area contributed by atoms with E-state index in [1.807, 2.05) is 6.92 Å². The number of piperazine rings is 1. The Morgan fingerprint density at radius 3 is 2.52 bits per heavy atom. The molecule has 9 heteroatoms. The van der Waals surface area contributed by atoms with Gasteiger partial charge in [0.15, 0.2) is 0 Å². The van der Waals surface area contributed by atoms with Crippen molar-refractivity contribution in [2.24, 2.45) is 0 Å². The van der Waals surface area contributed by atoms with Crippen LogP contribution in [0.2, 0.25) is 0 Å². The van der Waals surface area contributed by atoms with E-state index in [0.717, 1.165) is 31.9 Å². The number of H-pyrrole nitrogens is 1. The first-order valence-corrected chi connectivity index (χ1v) is 9.39. The van der Waals surface area contributed by atoms with Gasteiger partial charge in [0.05, 0.1) is 11.4 Å². The van der Waals surface area contributed by atoms with E-state index in [1.54, 1.807) is 18.3 Å². The van der Waals surface area contributed by atoms with E-state index < -0.39 is 0 Å². The van der Waals surface area contributed by atoms with Crippen molar-refractivity contribution in [3.63, 3.8) is 0 Å². The average Bonchev–Trinajstić information content (AvgIpc) is 2.70. The molecule has 0 atom stereocenters. The minimum atomic E-state index is -0.334. The lowest BCUT2D eigenvalue weighted by molar-refractivity contribution is 0.311. The van der Waals surface area contributed by atoms with Crippen LogP contribution in [0.15, 0.2) is 41.3 Å². The van der Waals surface area contributed by atoms with Gasteiger partial charge in [0.2, 0.25) is 11.9 Å². The van der Waals surface area contributed by atoms with Crippen molar-refractivity contribution < 1.29 is 4.39 Å². The topological polar surface area (TPSA) is 90.0 Å². The highest BCUT2D eigenvalue weighted by molar-refractivity contribution is 5.64. The zero-order valence-electron chi connectivity index (χ0n) is 16.3. The maximum absolute atomic E-state index is 13.1. The highest BCUT2D eigenvalue weighted by Crippen LogP contribution is 2.22. The van der Waals surface area contributed by atoms with Crippen LogP contribution >= 0.6 is 0 Å². The summed E-state index contributed by atoms with van der Waals surface area (Å²) in [6, 6.07) is 7.22. The quantitative estimate of drug-likeness (QED) is 0.700. The van der Waals surface area contributed by atoms with Gasteiger partial charge in [-0.15, -0.1) is 0 Å². The van der Waals surface area contributed by atoms with Crippen LogP contribution < -0.4 is 15.8 Å². The first-order valence-electron chi connectivity index (χ1n) is 9.39. The van der Waals surface area contributed by atoms with Crippen molar-refractivity contribution in [2.45, 2.75) is 6.92 Å². The number of rotatable bonds is 4. The van der Waals surface area contributed by atoms with Gasteiger partial charge < -0.3 is 15.1 Å². The Balaban J connectivity index is 1.60. The second-order valence-electron chi connectivity index (χ2n) is 7.07. The maximum atomic E-state index is 13.1. The highest BCUT2D eigenvalue weighted by atomic mass is 19.1. The summed E-state index contributed by atoms with van der Waals surface area (Å²) in [6.07, 6.45) is 1.71. The largest absolute Gasteiger partial charge is 0.338 e. The smallest absolute Gasteiger partial charge is 0.252 e. The number of aromatic nitrogens is 4. The van der Waals surface area contributed by atoms with Crippen LogP contribution in [0.25, 0.3) is 11.3 Å². The van der Waals surface area contributed by atoms with E-state index in [0.29, 0.717) is 22.9 Å². The number of anilines is 3. The van der Waals surface area contributed by atoms with Crippen LogP contribution in [0.5, 0.6) is 0 Å². The van der Waals surface area contributed by atoms with Gasteiger partial charge in [0, 0.05) is 49.7 Å². The van der Waals surface area contributed by atoms with E-state index in [-0.39, 0.29) is 17.3 Å². The van der Waals surface area contributed by atoms with Crippen molar-refractivity contribution in [1.82, 2.24) is 24.8 Å². The fourth-order valence-electron chi connectivity index (χ4n) is 3.19. The molecule has 1 aliphatic rings. The summed E-state index contributed by atoms with van der Waals surface area (Å²) in [6.45, 7) is 5.58. The van der Waals surface area contributed by atoms with Gasteiger partial charge >= 0.3 is 0 Å². The van der Waals surface area contributed by atoms with Gasteiger partial charge in [-0.25, -0.2) is 19.3 Å². The zero-order chi connectivity index (χ0) is 20.4. The van der Waals surface area contributed by atoms with Crippen LogP contribution in [0.1, 0.15) is 5.69 Å². The van der Waals surface area contributed by atoms with Crippen molar-refractivity contribution >= 4 is 17.6 Å². The molecule has 3 aromatic rings. The van der Waals surface area contributed by atoms with Crippen LogP contribution in [0.4, 0.5) is 22.0 Å². The molecule has 2 N–H and O–H groups in total. The van der Waals surface area contributed by atoms with Gasteiger partial charge in [-0.3, -0.25) is 9.78 Å². The molecule has 1 aliphatic heterocycles. The first kappa shape index (κ1) is 19.0. The van der Waals surface area contributed by atoms with E-state index in [2.05, 4.69) is 42.1 Å². The molecular weight excluding hydrogens is 373 g/mol. The van der Waals surface area contributed by atoms with Gasteiger partial charge in [-0.1, -0.05) is 0 Å². The summed E-state index contributed by atoms with van der Waals surface area (Å²) in [4.78, 5) is 32.8. The Bertz CT molecular complexity index is 1060. The van der Waals surface area contributed by atoms with E-state index in [4.69, 9.17) is 0 Å². The maximum Gasteiger partial charge on any atom is 0.252 e. The molecule has 0 spiro atoms. The van der Waals surface area contributed by atoms with E-state index in [1.165, 1.54) is 18.2 Å². The molecular formula is C20H22FN7O. The molecule has 0 bridgehead atoms. The Labute approximate surface area is 167 Å². The number of likely N-dealkylation sites (N-methyl/N-ethyl adjacent to an activating group) is 1. The standard InChI is InChI=1S/C20H22FN7O/c1-13-16(12-22-20(23-13)28-9-7-27(2)8-10-28)17-11-18(29)26-19(25-17)24-15-5-3-14(21)4-6-15/h3-6,11-12H,7-10H2,1-2H3,(H2,24,25,26,29). The summed E-state index contributed by atoms with van der Waals surface area (Å²) in [7, 11) is 2.10. The normalized spacial score (nSPS) is 14.8. The van der Waals surface area contributed by atoms with E-state index in [9.17, 15) is 9.18 Å². The number of benzene rings is 1. The molecule has 3 heterocycles. The number of hydrogen-bond acceptors (Lipinski definition) is 7. The number of hydrogen-bond donors (Lipinski definition) is 2. The molecule has 150 valence electrons. The van der Waals surface area contributed by atoms with Gasteiger partial charge in [-0.05, 0) is 38.2 Å². The molecule has 1 fully saturated rings. The Hall–Kier alpha value is -3.33. The lowest BCUT2D eigenvalue weighted by Gasteiger charge is -2.32. The SMILES string of the molecule is Cc1nc(N2CCN(C)CC2)ncc1-c1cc(=O)[nH]c(Nc2ccc(F)cc2)n1.